The summed E-state index contributed by atoms with van der Waals surface area (Å²) in [7, 11) is 3.99. The average Bonchev–Trinajstić information content (AvgIpc) is 3.55. The molecule has 2 aliphatic rings. The van der Waals surface area contributed by atoms with E-state index in [-0.39, 0.29) is 0 Å². The van der Waals surface area contributed by atoms with Gasteiger partial charge in [-0.05, 0) is 56.3 Å². The molecule has 5 rings (SSSR count). The van der Waals surface area contributed by atoms with Crippen molar-refractivity contribution in [3.05, 3.63) is 42.5 Å². The Balaban J connectivity index is 1.20. The van der Waals surface area contributed by atoms with Crippen LogP contribution in [-0.4, -0.2) is 69.9 Å². The van der Waals surface area contributed by atoms with E-state index in [0.717, 1.165) is 47.5 Å². The fourth-order valence-electron chi connectivity index (χ4n) is 4.10. The van der Waals surface area contributed by atoms with Gasteiger partial charge in [-0.15, -0.1) is 10.2 Å². The number of nitrogens with one attached hydrogen (secondary N) is 1. The van der Waals surface area contributed by atoms with Crippen molar-refractivity contribution in [3.63, 3.8) is 0 Å². The lowest BCUT2D eigenvalue weighted by Crippen LogP contribution is -2.46. The van der Waals surface area contributed by atoms with Gasteiger partial charge in [-0.25, -0.2) is 4.68 Å². The zero-order valence-electron chi connectivity index (χ0n) is 18.9. The van der Waals surface area contributed by atoms with Crippen LogP contribution in [0, 0.1) is 5.92 Å². The molecular weight excluding hydrogens is 402 g/mol. The average molecular weight is 434 g/mol. The van der Waals surface area contributed by atoms with Crippen molar-refractivity contribution in [2.24, 2.45) is 5.92 Å². The minimum Gasteiger partial charge on any atom is -0.376 e. The van der Waals surface area contributed by atoms with E-state index in [1.807, 2.05) is 37.5 Å². The summed E-state index contributed by atoms with van der Waals surface area (Å²) in [6, 6.07) is 6.73. The number of pyridine rings is 1. The Morgan fingerprint density at radius 2 is 2.00 bits per heavy atom. The molecule has 0 bridgehead atoms. The van der Waals surface area contributed by atoms with Crippen LogP contribution >= 0.6 is 0 Å². The zero-order valence-corrected chi connectivity index (χ0v) is 18.9. The molecule has 0 spiro atoms. The summed E-state index contributed by atoms with van der Waals surface area (Å²) in [6.45, 7) is 3.75. The summed E-state index contributed by atoms with van der Waals surface area (Å²) in [4.78, 5) is 8.68. The standard InChI is InChI=1S/C23H31N9/c1-30(2)21-10-18(12-24-13-21)22-16-32(29-27-22)15-20-7-8-23(28-26-20)31-9-3-4-19(14-31)25-11-17-5-6-17/h7-8,10,12-13,16-17,19,25H,3-6,9,11,14-15H2,1-2H3/t19-/m1/s1. The molecule has 1 aliphatic heterocycles. The Morgan fingerprint density at radius 1 is 1.09 bits per heavy atom. The van der Waals surface area contributed by atoms with Gasteiger partial charge < -0.3 is 15.1 Å². The van der Waals surface area contributed by atoms with Crippen molar-refractivity contribution in [1.82, 2.24) is 35.5 Å². The highest BCUT2D eigenvalue weighted by Gasteiger charge is 2.25. The first kappa shape index (κ1) is 20.8. The van der Waals surface area contributed by atoms with Crippen LogP contribution in [0.3, 0.4) is 0 Å². The van der Waals surface area contributed by atoms with Crippen molar-refractivity contribution in [1.29, 1.82) is 0 Å². The van der Waals surface area contributed by atoms with Crippen LogP contribution in [0.1, 0.15) is 31.4 Å². The lowest BCUT2D eigenvalue weighted by Gasteiger charge is -2.33. The van der Waals surface area contributed by atoms with E-state index in [2.05, 4.69) is 47.8 Å². The molecule has 2 fully saturated rings. The quantitative estimate of drug-likeness (QED) is 0.579. The number of aromatic nitrogens is 6. The van der Waals surface area contributed by atoms with Gasteiger partial charge in [0.2, 0.25) is 0 Å². The second-order valence-electron chi connectivity index (χ2n) is 9.15. The van der Waals surface area contributed by atoms with Crippen molar-refractivity contribution in [2.45, 2.75) is 38.3 Å². The van der Waals surface area contributed by atoms with Gasteiger partial charge in [0.15, 0.2) is 5.82 Å². The third kappa shape index (κ3) is 5.04. The van der Waals surface area contributed by atoms with Gasteiger partial charge in [0.25, 0.3) is 0 Å². The highest BCUT2D eigenvalue weighted by atomic mass is 15.4. The lowest BCUT2D eigenvalue weighted by molar-refractivity contribution is 0.414. The van der Waals surface area contributed by atoms with E-state index < -0.39 is 0 Å². The molecule has 3 aromatic rings. The predicted octanol–water partition coefficient (Wildman–Crippen LogP) is 2.21. The molecule has 9 heteroatoms. The smallest absolute Gasteiger partial charge is 0.151 e. The molecule has 1 saturated carbocycles. The van der Waals surface area contributed by atoms with Crippen LogP contribution in [0.4, 0.5) is 11.5 Å². The van der Waals surface area contributed by atoms with Crippen LogP contribution < -0.4 is 15.1 Å². The van der Waals surface area contributed by atoms with Crippen LogP contribution in [0.15, 0.2) is 36.8 Å². The normalized spacial score (nSPS) is 18.7. The predicted molar refractivity (Wildman–Crippen MR) is 125 cm³/mol. The molecule has 0 radical (unpaired) electrons. The van der Waals surface area contributed by atoms with Crippen LogP contribution in [0.5, 0.6) is 0 Å². The zero-order chi connectivity index (χ0) is 21.9. The van der Waals surface area contributed by atoms with Crippen molar-refractivity contribution in [3.8, 4) is 11.3 Å². The van der Waals surface area contributed by atoms with E-state index in [9.17, 15) is 0 Å². The van der Waals surface area contributed by atoms with E-state index in [1.165, 1.54) is 32.2 Å². The minimum absolute atomic E-state index is 0.534. The number of hydrogen-bond donors (Lipinski definition) is 1. The highest BCUT2D eigenvalue weighted by molar-refractivity contribution is 5.62. The van der Waals surface area contributed by atoms with Gasteiger partial charge in [0.05, 0.1) is 30.3 Å². The molecule has 3 aromatic heterocycles. The maximum Gasteiger partial charge on any atom is 0.151 e. The third-order valence-corrected chi connectivity index (χ3v) is 6.24. The number of hydrogen-bond acceptors (Lipinski definition) is 8. The molecule has 0 unspecified atom stereocenters. The SMILES string of the molecule is CN(C)c1cncc(-c2cn(Cc3ccc(N4CCC[C@@H](NCC5CC5)C4)nn3)nn2)c1. The molecule has 1 N–H and O–H groups in total. The Morgan fingerprint density at radius 3 is 2.78 bits per heavy atom. The molecule has 4 heterocycles. The van der Waals surface area contributed by atoms with E-state index in [4.69, 9.17) is 0 Å². The summed E-state index contributed by atoms with van der Waals surface area (Å²) in [5.41, 5.74) is 3.63. The van der Waals surface area contributed by atoms with Crippen molar-refractivity contribution < 1.29 is 0 Å². The van der Waals surface area contributed by atoms with E-state index in [0.29, 0.717) is 12.6 Å². The van der Waals surface area contributed by atoms with Gasteiger partial charge in [0, 0.05) is 45.0 Å². The first-order valence-electron chi connectivity index (χ1n) is 11.5. The van der Waals surface area contributed by atoms with Crippen LogP contribution in [-0.2, 0) is 6.54 Å². The largest absolute Gasteiger partial charge is 0.376 e. The molecular formula is C23H31N9. The number of rotatable bonds is 8. The maximum atomic E-state index is 4.51. The Bertz CT molecular complexity index is 1030. The molecule has 0 amide bonds. The van der Waals surface area contributed by atoms with Gasteiger partial charge >= 0.3 is 0 Å². The second-order valence-corrected chi connectivity index (χ2v) is 9.15. The number of nitrogens with zero attached hydrogens (tertiary/aromatic N) is 8. The Kier molecular flexibility index (Phi) is 5.98. The third-order valence-electron chi connectivity index (χ3n) is 6.24. The molecule has 168 valence electrons. The van der Waals surface area contributed by atoms with Crippen molar-refractivity contribution in [2.75, 3.05) is 43.5 Å². The van der Waals surface area contributed by atoms with Gasteiger partial charge in [-0.1, -0.05) is 5.21 Å². The summed E-state index contributed by atoms with van der Waals surface area (Å²) in [5, 5.41) is 21.3. The monoisotopic (exact) mass is 433 g/mol. The first-order valence-corrected chi connectivity index (χ1v) is 11.5. The molecule has 0 aromatic carbocycles. The second kappa shape index (κ2) is 9.20. The molecule has 32 heavy (non-hydrogen) atoms. The van der Waals surface area contributed by atoms with Gasteiger partial charge in [-0.2, -0.15) is 5.10 Å². The summed E-state index contributed by atoms with van der Waals surface area (Å²) in [5.74, 6) is 1.87. The van der Waals surface area contributed by atoms with Gasteiger partial charge in [-0.3, -0.25) is 4.98 Å². The Hall–Kier alpha value is -3.07. The minimum atomic E-state index is 0.534. The van der Waals surface area contributed by atoms with Crippen LogP contribution in [0.25, 0.3) is 11.3 Å². The molecule has 9 nitrogen and oxygen atoms in total. The highest BCUT2D eigenvalue weighted by Crippen LogP contribution is 2.28. The summed E-state index contributed by atoms with van der Waals surface area (Å²) < 4.78 is 1.79. The molecule has 1 atom stereocenters. The molecule has 1 saturated heterocycles. The fraction of sp³-hybridized carbons (Fsp3) is 0.522. The summed E-state index contributed by atoms with van der Waals surface area (Å²) >= 11 is 0. The van der Waals surface area contributed by atoms with Crippen LogP contribution in [0.2, 0.25) is 0 Å². The van der Waals surface area contributed by atoms with E-state index in [1.54, 1.807) is 10.9 Å². The fourth-order valence-corrected chi connectivity index (χ4v) is 4.10. The lowest BCUT2D eigenvalue weighted by atomic mass is 10.1. The van der Waals surface area contributed by atoms with Gasteiger partial charge in [0.1, 0.15) is 5.69 Å². The molecule has 1 aliphatic carbocycles. The van der Waals surface area contributed by atoms with E-state index >= 15 is 0 Å². The maximum absolute atomic E-state index is 4.51. The number of piperidine rings is 1. The first-order chi connectivity index (χ1) is 15.6. The summed E-state index contributed by atoms with van der Waals surface area (Å²) in [6.07, 6.45) is 10.8. The topological polar surface area (TPSA) is 87.9 Å². The van der Waals surface area contributed by atoms with Crippen molar-refractivity contribution >= 4 is 11.5 Å². The Labute approximate surface area is 188 Å². The number of anilines is 2.